The van der Waals surface area contributed by atoms with Crippen LogP contribution >= 0.6 is 0 Å². The van der Waals surface area contributed by atoms with Crippen LogP contribution in [-0.2, 0) is 0 Å². The molecule has 1 fully saturated rings. The van der Waals surface area contributed by atoms with Crippen molar-refractivity contribution in [3.63, 3.8) is 0 Å². The molecule has 0 spiro atoms. The van der Waals surface area contributed by atoms with Crippen molar-refractivity contribution >= 4 is 0 Å². The van der Waals surface area contributed by atoms with Gasteiger partial charge in [-0.05, 0) is 6.42 Å². The summed E-state index contributed by atoms with van der Waals surface area (Å²) in [5.74, 6) is 0. The van der Waals surface area contributed by atoms with E-state index in [2.05, 4.69) is 14.0 Å². The highest BCUT2D eigenvalue weighted by atomic mass is 15.4. The van der Waals surface area contributed by atoms with Crippen LogP contribution in [0, 0.1) is 0 Å². The van der Waals surface area contributed by atoms with E-state index in [-0.39, 0.29) is 0 Å². The molecular formula is C8H18N+. The van der Waals surface area contributed by atoms with Crippen molar-refractivity contribution in [3.05, 3.63) is 0 Å². The van der Waals surface area contributed by atoms with Crippen LogP contribution in [0.3, 0.4) is 0 Å². The van der Waals surface area contributed by atoms with E-state index in [0.29, 0.717) is 0 Å². The van der Waals surface area contributed by atoms with Gasteiger partial charge in [0.05, 0.1) is 26.7 Å². The Morgan fingerprint density at radius 3 is 2.33 bits per heavy atom. The van der Waals surface area contributed by atoms with E-state index in [0.717, 1.165) is 0 Å². The molecule has 1 heterocycles. The molecule has 54 valence electrons. The zero-order valence-corrected chi connectivity index (χ0v) is 6.69. The van der Waals surface area contributed by atoms with Gasteiger partial charge in [-0.1, -0.05) is 13.3 Å². The third kappa shape index (κ3) is 1.68. The van der Waals surface area contributed by atoms with E-state index < -0.39 is 0 Å². The molecule has 0 amide bonds. The summed E-state index contributed by atoms with van der Waals surface area (Å²) >= 11 is 0. The van der Waals surface area contributed by atoms with E-state index in [1.807, 2.05) is 0 Å². The van der Waals surface area contributed by atoms with Crippen LogP contribution in [0.2, 0.25) is 0 Å². The van der Waals surface area contributed by atoms with Gasteiger partial charge in [0.15, 0.2) is 0 Å². The van der Waals surface area contributed by atoms with Crippen molar-refractivity contribution in [2.45, 2.75) is 26.2 Å². The Labute approximate surface area is 58.3 Å². The largest absolute Gasteiger partial charge is 0.326 e. The molecule has 0 atom stereocenters. The Balaban J connectivity index is 2.09. The van der Waals surface area contributed by atoms with E-state index in [9.17, 15) is 0 Å². The van der Waals surface area contributed by atoms with Gasteiger partial charge < -0.3 is 4.48 Å². The van der Waals surface area contributed by atoms with Gasteiger partial charge in [-0.15, -0.1) is 0 Å². The van der Waals surface area contributed by atoms with Crippen molar-refractivity contribution in [3.8, 4) is 0 Å². The third-order valence-electron chi connectivity index (χ3n) is 2.45. The van der Waals surface area contributed by atoms with Gasteiger partial charge in [0.1, 0.15) is 0 Å². The molecule has 1 nitrogen and oxygen atoms in total. The predicted octanol–water partition coefficient (Wildman–Crippen LogP) is 1.64. The third-order valence-corrected chi connectivity index (χ3v) is 2.45. The average Bonchev–Trinajstić information content (AvgIpc) is 1.79. The number of quaternary nitrogens is 1. The van der Waals surface area contributed by atoms with E-state index in [4.69, 9.17) is 0 Å². The minimum Gasteiger partial charge on any atom is -0.326 e. The zero-order valence-electron chi connectivity index (χ0n) is 6.69. The summed E-state index contributed by atoms with van der Waals surface area (Å²) in [7, 11) is 2.37. The van der Waals surface area contributed by atoms with Gasteiger partial charge in [0.25, 0.3) is 0 Å². The molecular weight excluding hydrogens is 110 g/mol. The first kappa shape index (κ1) is 7.07. The summed E-state index contributed by atoms with van der Waals surface area (Å²) in [5.41, 5.74) is 0. The smallest absolute Gasteiger partial charge is 0.0839 e. The summed E-state index contributed by atoms with van der Waals surface area (Å²) in [5, 5.41) is 0. The molecule has 1 heteroatoms. The minimum absolute atomic E-state index is 1.36. The molecule has 1 aliphatic rings. The molecule has 0 unspecified atom stereocenters. The fourth-order valence-electron chi connectivity index (χ4n) is 1.46. The Morgan fingerprint density at radius 1 is 1.33 bits per heavy atom. The number of likely N-dealkylation sites (tertiary alicyclic amines) is 1. The number of hydrogen-bond acceptors (Lipinski definition) is 0. The maximum atomic E-state index is 2.37. The van der Waals surface area contributed by atoms with Crippen molar-refractivity contribution in [1.82, 2.24) is 0 Å². The monoisotopic (exact) mass is 128 g/mol. The topological polar surface area (TPSA) is 0 Å². The predicted molar refractivity (Wildman–Crippen MR) is 40.3 cm³/mol. The van der Waals surface area contributed by atoms with Gasteiger partial charge >= 0.3 is 0 Å². The SMILES string of the molecule is CCCC[N+]1(C)CCC1. The normalized spacial score (nSPS) is 23.3. The highest BCUT2D eigenvalue weighted by molar-refractivity contribution is 4.51. The second-order valence-electron chi connectivity index (χ2n) is 3.50. The van der Waals surface area contributed by atoms with E-state index in [1.165, 1.54) is 43.4 Å². The summed E-state index contributed by atoms with van der Waals surface area (Å²) in [4.78, 5) is 0. The lowest BCUT2D eigenvalue weighted by molar-refractivity contribution is -0.946. The summed E-state index contributed by atoms with van der Waals surface area (Å²) in [6, 6.07) is 0. The molecule has 0 N–H and O–H groups in total. The molecule has 0 radical (unpaired) electrons. The van der Waals surface area contributed by atoms with Crippen LogP contribution in [0.5, 0.6) is 0 Å². The average molecular weight is 128 g/mol. The quantitative estimate of drug-likeness (QED) is 0.507. The molecule has 1 aliphatic heterocycles. The first-order valence-corrected chi connectivity index (χ1v) is 4.10. The maximum Gasteiger partial charge on any atom is 0.0839 e. The first-order chi connectivity index (χ1) is 4.27. The highest BCUT2D eigenvalue weighted by Gasteiger charge is 2.28. The van der Waals surface area contributed by atoms with Crippen LogP contribution < -0.4 is 0 Å². The molecule has 1 saturated heterocycles. The van der Waals surface area contributed by atoms with Crippen molar-refractivity contribution in [1.29, 1.82) is 0 Å². The lowest BCUT2D eigenvalue weighted by atomic mass is 10.1. The molecule has 0 aromatic rings. The van der Waals surface area contributed by atoms with Crippen molar-refractivity contribution in [2.24, 2.45) is 0 Å². The Morgan fingerprint density at radius 2 is 2.00 bits per heavy atom. The number of unbranched alkanes of at least 4 members (excludes halogenated alkanes) is 1. The summed E-state index contributed by atoms with van der Waals surface area (Å²) < 4.78 is 1.36. The molecule has 0 saturated carbocycles. The van der Waals surface area contributed by atoms with Crippen molar-refractivity contribution in [2.75, 3.05) is 26.7 Å². The number of rotatable bonds is 3. The van der Waals surface area contributed by atoms with Crippen molar-refractivity contribution < 1.29 is 4.48 Å². The van der Waals surface area contributed by atoms with E-state index in [1.54, 1.807) is 0 Å². The lowest BCUT2D eigenvalue weighted by Crippen LogP contribution is -2.54. The van der Waals surface area contributed by atoms with Crippen LogP contribution in [0.1, 0.15) is 26.2 Å². The molecule has 0 aliphatic carbocycles. The molecule has 9 heavy (non-hydrogen) atoms. The fraction of sp³-hybridized carbons (Fsp3) is 1.00. The van der Waals surface area contributed by atoms with E-state index >= 15 is 0 Å². The maximum absolute atomic E-state index is 2.37. The second kappa shape index (κ2) is 2.70. The van der Waals surface area contributed by atoms with Crippen LogP contribution in [0.25, 0.3) is 0 Å². The highest BCUT2D eigenvalue weighted by Crippen LogP contribution is 2.16. The van der Waals surface area contributed by atoms with Gasteiger partial charge in [-0.2, -0.15) is 0 Å². The van der Waals surface area contributed by atoms with Gasteiger partial charge in [-0.3, -0.25) is 0 Å². The fourth-order valence-corrected chi connectivity index (χ4v) is 1.46. The molecule has 0 bridgehead atoms. The standard InChI is InChI=1S/C8H18N/c1-3-4-6-9(2)7-5-8-9/h3-8H2,1-2H3/q+1. The lowest BCUT2D eigenvalue weighted by Gasteiger charge is -2.42. The minimum atomic E-state index is 1.36. The molecule has 0 aromatic carbocycles. The van der Waals surface area contributed by atoms with Gasteiger partial charge in [0, 0.05) is 6.42 Å². The number of hydrogen-bond donors (Lipinski definition) is 0. The Kier molecular flexibility index (Phi) is 2.12. The zero-order chi connectivity index (χ0) is 6.74. The summed E-state index contributed by atoms with van der Waals surface area (Å²) in [6.45, 7) is 6.54. The van der Waals surface area contributed by atoms with Crippen LogP contribution in [0.4, 0.5) is 0 Å². The van der Waals surface area contributed by atoms with Gasteiger partial charge in [-0.25, -0.2) is 0 Å². The number of nitrogens with zero attached hydrogens (tertiary/aromatic N) is 1. The molecule has 1 rings (SSSR count). The summed E-state index contributed by atoms with van der Waals surface area (Å²) in [6.07, 6.45) is 4.23. The molecule has 0 aromatic heterocycles. The Hall–Kier alpha value is -0.0400. The first-order valence-electron chi connectivity index (χ1n) is 4.10. The second-order valence-corrected chi connectivity index (χ2v) is 3.50. The van der Waals surface area contributed by atoms with Crippen LogP contribution in [0.15, 0.2) is 0 Å². The Bertz CT molecular complexity index is 84.6. The van der Waals surface area contributed by atoms with Gasteiger partial charge in [0.2, 0.25) is 0 Å². The van der Waals surface area contributed by atoms with Crippen LogP contribution in [-0.4, -0.2) is 31.2 Å².